The van der Waals surface area contributed by atoms with E-state index in [-0.39, 0.29) is 17.0 Å². The first kappa shape index (κ1) is 19.8. The molecule has 0 atom stereocenters. The van der Waals surface area contributed by atoms with Gasteiger partial charge < -0.3 is 5.32 Å². The average Bonchev–Trinajstić information content (AvgIpc) is 2.83. The Hall–Kier alpha value is -2.93. The lowest BCUT2D eigenvalue weighted by Crippen LogP contribution is -2.40. The van der Waals surface area contributed by atoms with E-state index in [4.69, 9.17) is 0 Å². The van der Waals surface area contributed by atoms with Gasteiger partial charge in [-0.05, 0) is 43.0 Å². The van der Waals surface area contributed by atoms with Crippen LogP contribution < -0.4 is 5.32 Å². The molecule has 0 aliphatic carbocycles. The molecule has 1 N–H and O–H groups in total. The minimum absolute atomic E-state index is 0.0311. The lowest BCUT2D eigenvalue weighted by molar-refractivity contribution is -0.128. The van der Waals surface area contributed by atoms with Gasteiger partial charge in [-0.25, -0.2) is 12.7 Å². The molecule has 28 heavy (non-hydrogen) atoms. The Kier molecular flexibility index (Phi) is 5.38. The number of carbonyl (C=O) groups is 2. The number of nitrogens with one attached hydrogen (secondary N) is 1. The highest BCUT2D eigenvalue weighted by Crippen LogP contribution is 2.35. The van der Waals surface area contributed by atoms with Gasteiger partial charge in [-0.2, -0.15) is 0 Å². The van der Waals surface area contributed by atoms with Gasteiger partial charge in [-0.15, -0.1) is 0 Å². The lowest BCUT2D eigenvalue weighted by Gasteiger charge is -2.16. The van der Waals surface area contributed by atoms with Crippen LogP contribution in [0.5, 0.6) is 0 Å². The van der Waals surface area contributed by atoms with Gasteiger partial charge >= 0.3 is 0 Å². The summed E-state index contributed by atoms with van der Waals surface area (Å²) >= 11 is 0. The van der Waals surface area contributed by atoms with E-state index in [9.17, 15) is 18.0 Å². The van der Waals surface area contributed by atoms with Crippen LogP contribution in [0.25, 0.3) is 4.91 Å². The first-order chi connectivity index (χ1) is 13.2. The third-order valence-corrected chi connectivity index (χ3v) is 6.76. The smallest absolute Gasteiger partial charge is 0.268 e. The number of hydrogen-bond donors (Lipinski definition) is 1. The van der Waals surface area contributed by atoms with Gasteiger partial charge in [-0.1, -0.05) is 48.5 Å². The molecule has 0 spiro atoms. The number of carbonyl (C=O) groups excluding carboxylic acids is 2. The van der Waals surface area contributed by atoms with E-state index in [0.29, 0.717) is 9.87 Å². The van der Waals surface area contributed by atoms with E-state index in [1.165, 1.54) is 6.92 Å². The summed E-state index contributed by atoms with van der Waals surface area (Å²) in [5.74, 6) is -1.20. The van der Waals surface area contributed by atoms with Crippen molar-refractivity contribution < 1.29 is 18.0 Å². The second kappa shape index (κ2) is 7.59. The van der Waals surface area contributed by atoms with E-state index in [1.54, 1.807) is 12.1 Å². The summed E-state index contributed by atoms with van der Waals surface area (Å²) in [6, 6.07) is 14.5. The van der Waals surface area contributed by atoms with Gasteiger partial charge in [0.25, 0.3) is 15.9 Å². The lowest BCUT2D eigenvalue weighted by atomic mass is 10.0. The van der Waals surface area contributed by atoms with Crippen LogP contribution in [0, 0.1) is 13.8 Å². The SMILES string of the molecule is CC1=C(c2ccc(C)c(C)c2)S(=O)(=O)N(CC(=O)NCc2ccccc2)C1=O. The summed E-state index contributed by atoms with van der Waals surface area (Å²) in [6.07, 6.45) is 0. The Morgan fingerprint density at radius 3 is 2.32 bits per heavy atom. The second-order valence-corrected chi connectivity index (χ2v) is 8.63. The van der Waals surface area contributed by atoms with Gasteiger partial charge in [0.15, 0.2) is 0 Å². The molecular formula is C21H22N2O4S. The molecule has 2 aromatic rings. The Morgan fingerprint density at radius 2 is 1.68 bits per heavy atom. The predicted octanol–water partition coefficient (Wildman–Crippen LogP) is 2.52. The molecule has 1 aliphatic heterocycles. The Morgan fingerprint density at radius 1 is 1.00 bits per heavy atom. The molecule has 0 saturated carbocycles. The Balaban J connectivity index is 1.80. The fraction of sp³-hybridized carbons (Fsp3) is 0.238. The van der Waals surface area contributed by atoms with Crippen molar-refractivity contribution in [2.24, 2.45) is 0 Å². The van der Waals surface area contributed by atoms with Gasteiger partial charge in [0.1, 0.15) is 11.4 Å². The zero-order valence-corrected chi connectivity index (χ0v) is 16.8. The molecule has 0 saturated heterocycles. The molecule has 2 aromatic carbocycles. The number of amides is 2. The number of sulfonamides is 1. The molecular weight excluding hydrogens is 376 g/mol. The van der Waals surface area contributed by atoms with Crippen molar-refractivity contribution in [1.82, 2.24) is 9.62 Å². The molecule has 0 fully saturated rings. The number of hydrogen-bond acceptors (Lipinski definition) is 4. The van der Waals surface area contributed by atoms with E-state index in [2.05, 4.69) is 5.32 Å². The summed E-state index contributed by atoms with van der Waals surface area (Å²) in [5, 5.41) is 2.65. The fourth-order valence-electron chi connectivity index (χ4n) is 3.08. The van der Waals surface area contributed by atoms with Crippen LogP contribution in [-0.2, 0) is 26.2 Å². The average molecular weight is 398 g/mol. The normalized spacial score (nSPS) is 15.8. The third kappa shape index (κ3) is 3.71. The molecule has 7 heteroatoms. The highest BCUT2D eigenvalue weighted by atomic mass is 32.2. The van der Waals surface area contributed by atoms with E-state index in [0.717, 1.165) is 16.7 Å². The monoisotopic (exact) mass is 398 g/mol. The van der Waals surface area contributed by atoms with Crippen molar-refractivity contribution >= 4 is 26.7 Å². The highest BCUT2D eigenvalue weighted by molar-refractivity contribution is 7.99. The topological polar surface area (TPSA) is 83.6 Å². The van der Waals surface area contributed by atoms with Crippen LogP contribution in [-0.4, -0.2) is 31.1 Å². The van der Waals surface area contributed by atoms with Gasteiger partial charge in [0.2, 0.25) is 5.91 Å². The van der Waals surface area contributed by atoms with Crippen LogP contribution in [0.4, 0.5) is 0 Å². The molecule has 3 rings (SSSR count). The van der Waals surface area contributed by atoms with Crippen molar-refractivity contribution in [1.29, 1.82) is 0 Å². The Labute approximate surface area is 164 Å². The predicted molar refractivity (Wildman–Crippen MR) is 107 cm³/mol. The minimum Gasteiger partial charge on any atom is -0.350 e. The van der Waals surface area contributed by atoms with Gasteiger partial charge in [0.05, 0.1) is 0 Å². The van der Waals surface area contributed by atoms with Crippen molar-refractivity contribution in [2.75, 3.05) is 6.54 Å². The molecule has 6 nitrogen and oxygen atoms in total. The van der Waals surface area contributed by atoms with E-state index >= 15 is 0 Å². The largest absolute Gasteiger partial charge is 0.350 e. The molecule has 0 unspecified atom stereocenters. The van der Waals surface area contributed by atoms with Gasteiger partial charge in [-0.3, -0.25) is 9.59 Å². The van der Waals surface area contributed by atoms with Crippen LogP contribution in [0.2, 0.25) is 0 Å². The molecule has 0 radical (unpaired) electrons. The van der Waals surface area contributed by atoms with Crippen LogP contribution in [0.3, 0.4) is 0 Å². The van der Waals surface area contributed by atoms with Crippen LogP contribution in [0.15, 0.2) is 54.1 Å². The molecule has 2 amide bonds. The Bertz CT molecular complexity index is 1070. The quantitative estimate of drug-likeness (QED) is 0.839. The van der Waals surface area contributed by atoms with Crippen molar-refractivity contribution in [3.05, 3.63) is 76.4 Å². The van der Waals surface area contributed by atoms with Crippen molar-refractivity contribution in [3.63, 3.8) is 0 Å². The highest BCUT2D eigenvalue weighted by Gasteiger charge is 2.43. The molecule has 1 aliphatic rings. The van der Waals surface area contributed by atoms with Crippen LogP contribution >= 0.6 is 0 Å². The van der Waals surface area contributed by atoms with Crippen molar-refractivity contribution in [3.8, 4) is 0 Å². The first-order valence-electron chi connectivity index (χ1n) is 8.88. The summed E-state index contributed by atoms with van der Waals surface area (Å²) in [7, 11) is -4.08. The molecule has 0 aromatic heterocycles. The minimum atomic E-state index is -4.08. The van der Waals surface area contributed by atoms with Gasteiger partial charge in [0, 0.05) is 12.1 Å². The maximum Gasteiger partial charge on any atom is 0.268 e. The summed E-state index contributed by atoms with van der Waals surface area (Å²) < 4.78 is 26.6. The second-order valence-electron chi connectivity index (χ2n) is 6.83. The zero-order valence-electron chi connectivity index (χ0n) is 16.0. The molecule has 1 heterocycles. The summed E-state index contributed by atoms with van der Waals surface area (Å²) in [5.41, 5.74) is 3.43. The molecule has 146 valence electrons. The molecule has 0 bridgehead atoms. The number of nitrogens with zero attached hydrogens (tertiary/aromatic N) is 1. The van der Waals surface area contributed by atoms with Crippen LogP contribution in [0.1, 0.15) is 29.2 Å². The fourth-order valence-corrected chi connectivity index (χ4v) is 4.85. The maximum atomic E-state index is 13.0. The maximum absolute atomic E-state index is 13.0. The zero-order chi connectivity index (χ0) is 20.5. The number of aryl methyl sites for hydroxylation is 2. The third-order valence-electron chi connectivity index (χ3n) is 4.82. The summed E-state index contributed by atoms with van der Waals surface area (Å²) in [6.45, 7) is 5.01. The van der Waals surface area contributed by atoms with E-state index < -0.39 is 28.4 Å². The summed E-state index contributed by atoms with van der Waals surface area (Å²) in [4.78, 5) is 24.8. The first-order valence-corrected chi connectivity index (χ1v) is 10.3. The number of benzene rings is 2. The van der Waals surface area contributed by atoms with E-state index in [1.807, 2.05) is 50.2 Å². The standard InChI is InChI=1S/C21H22N2O4S/c1-14-9-10-18(11-15(14)2)20-16(3)21(25)23(28(20,26)27)13-19(24)22-12-17-7-5-4-6-8-17/h4-11H,12-13H2,1-3H3,(H,22,24). The number of rotatable bonds is 5. The van der Waals surface area contributed by atoms with Crippen molar-refractivity contribution in [2.45, 2.75) is 27.3 Å².